The normalized spacial score (nSPS) is 12.3. The van der Waals surface area contributed by atoms with Gasteiger partial charge in [0, 0.05) is 38.4 Å². The van der Waals surface area contributed by atoms with Gasteiger partial charge in [0.2, 0.25) is 10.0 Å². The second-order valence-corrected chi connectivity index (χ2v) is 8.51. The summed E-state index contributed by atoms with van der Waals surface area (Å²) in [7, 11) is -0.271. The van der Waals surface area contributed by atoms with Crippen LogP contribution >= 0.6 is 0 Å². The number of nitrogens with zero attached hydrogens (tertiary/aromatic N) is 2. The van der Waals surface area contributed by atoms with Crippen molar-refractivity contribution in [2.24, 2.45) is 4.99 Å². The molecule has 3 N–H and O–H groups in total. The highest BCUT2D eigenvalue weighted by Crippen LogP contribution is 2.15. The van der Waals surface area contributed by atoms with Gasteiger partial charge >= 0.3 is 0 Å². The monoisotopic (exact) mass is 413 g/mol. The molecule has 154 valence electrons. The quantitative estimate of drug-likeness (QED) is 0.300. The maximum atomic E-state index is 11.8. The predicted octanol–water partition coefficient (Wildman–Crippen LogP) is 2.30. The third kappa shape index (κ3) is 5.36. The van der Waals surface area contributed by atoms with Crippen LogP contribution < -0.4 is 15.4 Å². The van der Waals surface area contributed by atoms with Crippen molar-refractivity contribution in [3.63, 3.8) is 0 Å². The van der Waals surface area contributed by atoms with Gasteiger partial charge in [-0.15, -0.1) is 0 Å². The van der Waals surface area contributed by atoms with E-state index in [1.165, 1.54) is 18.0 Å². The molecule has 3 rings (SSSR count). The van der Waals surface area contributed by atoms with E-state index in [1.807, 2.05) is 0 Å². The van der Waals surface area contributed by atoms with Gasteiger partial charge in [0.1, 0.15) is 0 Å². The van der Waals surface area contributed by atoms with Gasteiger partial charge in [0.15, 0.2) is 5.96 Å². The first-order valence-corrected chi connectivity index (χ1v) is 11.0. The van der Waals surface area contributed by atoms with Crippen LogP contribution in [0.15, 0.2) is 70.7 Å². The molecule has 0 saturated heterocycles. The molecule has 3 aromatic rings. The number of aryl methyl sites for hydroxylation is 1. The number of aromatic nitrogens is 1. The molecule has 1 aromatic heterocycles. The lowest BCUT2D eigenvalue weighted by Crippen LogP contribution is -2.37. The van der Waals surface area contributed by atoms with Crippen LogP contribution in [0.5, 0.6) is 0 Å². The Hall–Kier alpha value is -2.84. The summed E-state index contributed by atoms with van der Waals surface area (Å²) in [4.78, 5) is 4.49. The molecule has 0 fully saturated rings. The van der Waals surface area contributed by atoms with Crippen LogP contribution in [-0.4, -0.2) is 39.6 Å². The number of fused-ring (bicyclic) bond motifs is 1. The number of aliphatic imine (C=N–C) groups is 1. The van der Waals surface area contributed by atoms with Gasteiger partial charge in [-0.25, -0.2) is 13.1 Å². The van der Waals surface area contributed by atoms with Gasteiger partial charge in [-0.3, -0.25) is 4.99 Å². The summed E-state index contributed by atoms with van der Waals surface area (Å²) in [5.41, 5.74) is 2.22. The van der Waals surface area contributed by atoms with E-state index in [1.54, 1.807) is 31.3 Å². The highest BCUT2D eigenvalue weighted by atomic mass is 32.2. The first kappa shape index (κ1) is 20.9. The van der Waals surface area contributed by atoms with E-state index in [9.17, 15) is 8.42 Å². The van der Waals surface area contributed by atoms with Crippen molar-refractivity contribution >= 4 is 26.9 Å². The van der Waals surface area contributed by atoms with Crippen LogP contribution in [-0.2, 0) is 23.1 Å². The molecule has 2 aromatic carbocycles. The SMILES string of the molecule is CN=C(NCCCn1ccc2ccccc21)NCc1ccc(S(=O)(=O)NC)cc1. The molecule has 29 heavy (non-hydrogen) atoms. The van der Waals surface area contributed by atoms with Gasteiger partial charge in [-0.1, -0.05) is 30.3 Å². The number of guanidine groups is 1. The van der Waals surface area contributed by atoms with E-state index in [0.29, 0.717) is 12.5 Å². The predicted molar refractivity (Wildman–Crippen MR) is 117 cm³/mol. The lowest BCUT2D eigenvalue weighted by Gasteiger charge is -2.13. The van der Waals surface area contributed by atoms with Gasteiger partial charge in [-0.05, 0) is 48.7 Å². The van der Waals surface area contributed by atoms with Crippen LogP contribution in [0.25, 0.3) is 10.9 Å². The fraction of sp³-hybridized carbons (Fsp3) is 0.286. The smallest absolute Gasteiger partial charge is 0.240 e. The number of nitrogens with one attached hydrogen (secondary N) is 3. The second-order valence-electron chi connectivity index (χ2n) is 6.63. The van der Waals surface area contributed by atoms with E-state index in [2.05, 4.69) is 61.4 Å². The number of hydrogen-bond donors (Lipinski definition) is 3. The number of rotatable bonds is 8. The average molecular weight is 414 g/mol. The van der Waals surface area contributed by atoms with Crippen LogP contribution in [0.3, 0.4) is 0 Å². The van der Waals surface area contributed by atoms with Crippen molar-refractivity contribution in [1.82, 2.24) is 19.9 Å². The lowest BCUT2D eigenvalue weighted by molar-refractivity contribution is 0.588. The van der Waals surface area contributed by atoms with E-state index in [0.717, 1.165) is 25.1 Å². The number of benzene rings is 2. The Morgan fingerprint density at radius 2 is 1.79 bits per heavy atom. The van der Waals surface area contributed by atoms with E-state index in [-0.39, 0.29) is 4.90 Å². The Balaban J connectivity index is 1.45. The highest BCUT2D eigenvalue weighted by molar-refractivity contribution is 7.89. The molecule has 0 atom stereocenters. The van der Waals surface area contributed by atoms with Crippen molar-refractivity contribution in [3.8, 4) is 0 Å². The molecule has 0 saturated carbocycles. The third-order valence-corrected chi connectivity index (χ3v) is 6.16. The summed E-state index contributed by atoms with van der Waals surface area (Å²) in [6, 6.07) is 17.3. The molecular weight excluding hydrogens is 386 g/mol. The summed E-state index contributed by atoms with van der Waals surface area (Å²) in [6.07, 6.45) is 3.09. The largest absolute Gasteiger partial charge is 0.356 e. The van der Waals surface area contributed by atoms with E-state index < -0.39 is 10.0 Å². The molecule has 0 amide bonds. The fourth-order valence-electron chi connectivity index (χ4n) is 3.10. The standard InChI is InChI=1S/C21H27N5O2S/c1-22-21(25-16-17-8-10-19(11-9-17)29(27,28)23-2)24-13-5-14-26-15-12-18-6-3-4-7-20(18)26/h3-4,6-12,15,23H,5,13-14,16H2,1-2H3,(H2,22,24,25). The maximum absolute atomic E-state index is 11.8. The molecule has 7 nitrogen and oxygen atoms in total. The first-order chi connectivity index (χ1) is 14.0. The van der Waals surface area contributed by atoms with Gasteiger partial charge < -0.3 is 15.2 Å². The lowest BCUT2D eigenvalue weighted by atomic mass is 10.2. The molecule has 0 aliphatic carbocycles. The highest BCUT2D eigenvalue weighted by Gasteiger charge is 2.10. The molecular formula is C21H27N5O2S. The first-order valence-electron chi connectivity index (χ1n) is 9.54. The van der Waals surface area contributed by atoms with Crippen molar-refractivity contribution in [3.05, 3.63) is 66.4 Å². The van der Waals surface area contributed by atoms with Crippen molar-refractivity contribution in [2.75, 3.05) is 20.6 Å². The third-order valence-electron chi connectivity index (χ3n) is 4.73. The summed E-state index contributed by atoms with van der Waals surface area (Å²) in [5.74, 6) is 0.717. The summed E-state index contributed by atoms with van der Waals surface area (Å²) < 4.78 is 28.1. The van der Waals surface area contributed by atoms with Gasteiger partial charge in [0.05, 0.1) is 4.90 Å². The number of para-hydroxylation sites is 1. The van der Waals surface area contributed by atoms with Crippen LogP contribution in [0, 0.1) is 0 Å². The average Bonchev–Trinajstić information content (AvgIpc) is 3.16. The van der Waals surface area contributed by atoms with Crippen molar-refractivity contribution < 1.29 is 8.42 Å². The Bertz CT molecular complexity index is 1070. The Morgan fingerprint density at radius 3 is 2.52 bits per heavy atom. The minimum absolute atomic E-state index is 0.254. The summed E-state index contributed by atoms with van der Waals surface area (Å²) in [5, 5.41) is 7.82. The molecule has 0 aliphatic rings. The molecule has 0 aliphatic heterocycles. The molecule has 1 heterocycles. The summed E-state index contributed by atoms with van der Waals surface area (Å²) >= 11 is 0. The minimum Gasteiger partial charge on any atom is -0.356 e. The van der Waals surface area contributed by atoms with Crippen LogP contribution in [0.4, 0.5) is 0 Å². The molecule has 0 radical (unpaired) electrons. The van der Waals surface area contributed by atoms with E-state index in [4.69, 9.17) is 0 Å². The van der Waals surface area contributed by atoms with Gasteiger partial charge in [0.25, 0.3) is 0 Å². The van der Waals surface area contributed by atoms with Crippen LogP contribution in [0.1, 0.15) is 12.0 Å². The Labute approximate surface area is 171 Å². The zero-order valence-corrected chi connectivity index (χ0v) is 17.5. The maximum Gasteiger partial charge on any atom is 0.240 e. The zero-order chi connectivity index (χ0) is 20.7. The topological polar surface area (TPSA) is 87.5 Å². The molecule has 0 unspecified atom stereocenters. The minimum atomic E-state index is -3.41. The molecule has 0 spiro atoms. The van der Waals surface area contributed by atoms with Crippen molar-refractivity contribution in [2.45, 2.75) is 24.4 Å². The van der Waals surface area contributed by atoms with Crippen molar-refractivity contribution in [1.29, 1.82) is 0 Å². The Morgan fingerprint density at radius 1 is 1.03 bits per heavy atom. The second kappa shape index (κ2) is 9.58. The fourth-order valence-corrected chi connectivity index (χ4v) is 3.83. The number of sulfonamides is 1. The summed E-state index contributed by atoms with van der Waals surface area (Å²) in [6.45, 7) is 2.28. The molecule has 0 bridgehead atoms. The van der Waals surface area contributed by atoms with Gasteiger partial charge in [-0.2, -0.15) is 0 Å². The molecule has 8 heteroatoms. The Kier molecular flexibility index (Phi) is 6.90. The van der Waals surface area contributed by atoms with E-state index >= 15 is 0 Å². The number of hydrogen-bond acceptors (Lipinski definition) is 3. The van der Waals surface area contributed by atoms with Crippen LogP contribution in [0.2, 0.25) is 0 Å². The zero-order valence-electron chi connectivity index (χ0n) is 16.7.